The molecule has 1 heterocycles. The van der Waals surface area contributed by atoms with Gasteiger partial charge in [-0.2, -0.15) is 0 Å². The lowest BCUT2D eigenvalue weighted by Crippen LogP contribution is -2.13. The summed E-state index contributed by atoms with van der Waals surface area (Å²) < 4.78 is 0. The second-order valence-electron chi connectivity index (χ2n) is 9.94. The molecule has 0 aliphatic heterocycles. The predicted octanol–water partition coefficient (Wildman–Crippen LogP) is 7.36. The summed E-state index contributed by atoms with van der Waals surface area (Å²) in [6.07, 6.45) is 9.26. The fourth-order valence-electron chi connectivity index (χ4n) is 5.24. The van der Waals surface area contributed by atoms with Crippen molar-refractivity contribution in [3.05, 3.63) is 84.1 Å². The molecular weight excluding hydrogens is 456 g/mol. The molecule has 0 atom stereocenters. The number of aryl methyl sites for hydroxylation is 1. The van der Waals surface area contributed by atoms with Gasteiger partial charge in [-0.25, -0.2) is 0 Å². The van der Waals surface area contributed by atoms with Crippen LogP contribution in [-0.2, 0) is 17.6 Å². The average Bonchev–Trinajstić information content (AvgIpc) is 2.93. The summed E-state index contributed by atoms with van der Waals surface area (Å²) in [6, 6.07) is 24.4. The zero-order valence-corrected chi connectivity index (χ0v) is 21.4. The van der Waals surface area contributed by atoms with E-state index < -0.39 is 0 Å². The fourth-order valence-corrected chi connectivity index (χ4v) is 5.24. The van der Waals surface area contributed by atoms with Crippen LogP contribution in [-0.4, -0.2) is 17.4 Å². The van der Waals surface area contributed by atoms with Crippen molar-refractivity contribution in [3.8, 4) is 11.1 Å². The first-order valence-corrected chi connectivity index (χ1v) is 13.6. The first kappa shape index (κ1) is 24.8. The molecule has 4 aromatic rings. The number of anilines is 3. The summed E-state index contributed by atoms with van der Waals surface area (Å²) in [5.74, 6) is 0.0184. The minimum Gasteiger partial charge on any atom is -0.397 e. The fraction of sp³-hybridized carbons (Fsp3) is 0.312. The van der Waals surface area contributed by atoms with Gasteiger partial charge in [0.15, 0.2) is 0 Å². The van der Waals surface area contributed by atoms with Gasteiger partial charge in [-0.3, -0.25) is 9.78 Å². The maximum Gasteiger partial charge on any atom is 0.224 e. The van der Waals surface area contributed by atoms with Gasteiger partial charge < -0.3 is 16.4 Å². The first-order chi connectivity index (χ1) is 18.2. The van der Waals surface area contributed by atoms with Crippen molar-refractivity contribution >= 4 is 33.9 Å². The Morgan fingerprint density at radius 1 is 0.838 bits per heavy atom. The monoisotopic (exact) mass is 492 g/mol. The number of unbranched alkanes of at least 4 members (excludes halogenated alkanes) is 3. The molecule has 1 amide bonds. The second-order valence-corrected chi connectivity index (χ2v) is 9.94. The van der Waals surface area contributed by atoms with E-state index in [0.717, 1.165) is 61.7 Å². The van der Waals surface area contributed by atoms with Crippen molar-refractivity contribution in [2.75, 3.05) is 22.9 Å². The minimum atomic E-state index is 0.0184. The molecule has 190 valence electrons. The van der Waals surface area contributed by atoms with Crippen LogP contribution in [0.5, 0.6) is 0 Å². The zero-order chi connectivity index (χ0) is 25.5. The second kappa shape index (κ2) is 11.9. The van der Waals surface area contributed by atoms with Crippen molar-refractivity contribution in [3.63, 3.8) is 0 Å². The molecule has 5 rings (SSSR count). The smallest absolute Gasteiger partial charge is 0.224 e. The Kier molecular flexibility index (Phi) is 7.99. The third kappa shape index (κ3) is 6.11. The molecule has 1 aliphatic carbocycles. The van der Waals surface area contributed by atoms with Crippen molar-refractivity contribution < 1.29 is 4.79 Å². The molecule has 1 aliphatic rings. The van der Waals surface area contributed by atoms with Gasteiger partial charge in [0.1, 0.15) is 0 Å². The normalized spacial score (nSPS) is 12.8. The van der Waals surface area contributed by atoms with E-state index in [1.165, 1.54) is 35.2 Å². The third-order valence-corrected chi connectivity index (χ3v) is 7.24. The zero-order valence-electron chi connectivity index (χ0n) is 21.4. The van der Waals surface area contributed by atoms with Crippen molar-refractivity contribution in [2.24, 2.45) is 0 Å². The molecule has 5 heteroatoms. The number of nitrogens with zero attached hydrogens (tertiary/aromatic N) is 1. The number of benzene rings is 3. The molecule has 4 N–H and O–H groups in total. The van der Waals surface area contributed by atoms with Crippen LogP contribution in [0, 0.1) is 0 Å². The Balaban J connectivity index is 1.07. The van der Waals surface area contributed by atoms with Gasteiger partial charge in [-0.15, -0.1) is 0 Å². The number of para-hydroxylation sites is 1. The summed E-state index contributed by atoms with van der Waals surface area (Å²) in [5, 5.41) is 7.98. The molecule has 0 saturated heterocycles. The third-order valence-electron chi connectivity index (χ3n) is 7.24. The Morgan fingerprint density at radius 2 is 1.62 bits per heavy atom. The van der Waals surface area contributed by atoms with Crippen molar-refractivity contribution in [2.45, 2.75) is 57.8 Å². The lowest BCUT2D eigenvalue weighted by molar-refractivity contribution is -0.116. The van der Waals surface area contributed by atoms with Crippen molar-refractivity contribution in [1.29, 1.82) is 0 Å². The van der Waals surface area contributed by atoms with E-state index >= 15 is 0 Å². The number of nitrogen functional groups attached to an aromatic ring is 1. The van der Waals surface area contributed by atoms with E-state index in [2.05, 4.69) is 47.0 Å². The molecule has 0 bridgehead atoms. The molecule has 3 aromatic carbocycles. The largest absolute Gasteiger partial charge is 0.397 e. The van der Waals surface area contributed by atoms with E-state index in [1.54, 1.807) is 0 Å². The number of fused-ring (bicyclic) bond motifs is 2. The topological polar surface area (TPSA) is 80.0 Å². The molecular formula is C32H36N4O. The molecule has 0 spiro atoms. The van der Waals surface area contributed by atoms with Crippen LogP contribution in [0.2, 0.25) is 0 Å². The van der Waals surface area contributed by atoms with Crippen LogP contribution in [0.3, 0.4) is 0 Å². The maximum absolute atomic E-state index is 12.6. The first-order valence-electron chi connectivity index (χ1n) is 13.6. The highest BCUT2D eigenvalue weighted by Gasteiger charge is 2.17. The Bertz CT molecular complexity index is 1370. The molecule has 0 saturated carbocycles. The van der Waals surface area contributed by atoms with Crippen LogP contribution >= 0.6 is 0 Å². The van der Waals surface area contributed by atoms with Gasteiger partial charge in [0.25, 0.3) is 0 Å². The number of hydrogen-bond donors (Lipinski definition) is 3. The van der Waals surface area contributed by atoms with Crippen LogP contribution in [0.15, 0.2) is 72.8 Å². The maximum atomic E-state index is 12.6. The van der Waals surface area contributed by atoms with E-state index in [0.29, 0.717) is 17.8 Å². The highest BCUT2D eigenvalue weighted by atomic mass is 16.1. The van der Waals surface area contributed by atoms with Gasteiger partial charge in [-0.05, 0) is 73.4 Å². The molecule has 37 heavy (non-hydrogen) atoms. The van der Waals surface area contributed by atoms with E-state index in [-0.39, 0.29) is 5.91 Å². The van der Waals surface area contributed by atoms with E-state index in [9.17, 15) is 4.79 Å². The average molecular weight is 493 g/mol. The summed E-state index contributed by atoms with van der Waals surface area (Å²) in [5.41, 5.74) is 14.6. The van der Waals surface area contributed by atoms with Gasteiger partial charge in [0, 0.05) is 29.7 Å². The van der Waals surface area contributed by atoms with Crippen LogP contribution < -0.4 is 16.4 Å². The van der Waals surface area contributed by atoms with Crippen LogP contribution in [0.1, 0.15) is 56.2 Å². The lowest BCUT2D eigenvalue weighted by Gasteiger charge is -2.21. The minimum absolute atomic E-state index is 0.0184. The lowest BCUT2D eigenvalue weighted by atomic mass is 9.92. The van der Waals surface area contributed by atoms with Crippen LogP contribution in [0.4, 0.5) is 17.1 Å². The highest BCUT2D eigenvalue weighted by molar-refractivity contribution is 5.95. The van der Waals surface area contributed by atoms with Crippen molar-refractivity contribution in [1.82, 2.24) is 4.98 Å². The Morgan fingerprint density at radius 3 is 2.51 bits per heavy atom. The number of carbonyl (C=O) groups is 1. The number of aromatic nitrogens is 1. The summed E-state index contributed by atoms with van der Waals surface area (Å²) in [7, 11) is 0. The van der Waals surface area contributed by atoms with Crippen LogP contribution in [0.25, 0.3) is 22.0 Å². The standard InChI is InChI=1S/C32H36N4O/c33-27-20-19-24(23-12-4-3-5-13-23)22-30(27)36-31(37)18-6-1-2-11-21-34-32-25-14-7-9-16-28(25)35-29-17-10-8-15-26(29)32/h3-5,7,9,12-14,16,19-20,22H,1-2,6,8,10-11,15,17-18,21,33H2,(H,34,35)(H,36,37). The highest BCUT2D eigenvalue weighted by Crippen LogP contribution is 2.33. The number of hydrogen-bond acceptors (Lipinski definition) is 4. The summed E-state index contributed by atoms with van der Waals surface area (Å²) in [6.45, 7) is 0.940. The molecule has 0 radical (unpaired) electrons. The number of rotatable bonds is 10. The summed E-state index contributed by atoms with van der Waals surface area (Å²) >= 11 is 0. The molecule has 0 unspecified atom stereocenters. The van der Waals surface area contributed by atoms with E-state index in [1.807, 2.05) is 36.4 Å². The SMILES string of the molecule is Nc1ccc(-c2ccccc2)cc1NC(=O)CCCCCCNc1c2c(nc3ccccc13)CCCC2. The predicted molar refractivity (Wildman–Crippen MR) is 155 cm³/mol. The molecule has 5 nitrogen and oxygen atoms in total. The van der Waals surface area contributed by atoms with Gasteiger partial charge in [0.2, 0.25) is 5.91 Å². The van der Waals surface area contributed by atoms with E-state index in [4.69, 9.17) is 10.7 Å². The van der Waals surface area contributed by atoms with Gasteiger partial charge in [-0.1, -0.05) is 67.4 Å². The van der Waals surface area contributed by atoms with Gasteiger partial charge in [0.05, 0.1) is 16.9 Å². The molecule has 1 aromatic heterocycles. The quantitative estimate of drug-likeness (QED) is 0.160. The number of nitrogens with one attached hydrogen (secondary N) is 2. The number of amides is 1. The Labute approximate surface area is 219 Å². The molecule has 0 fully saturated rings. The number of nitrogens with two attached hydrogens (primary N) is 1. The number of carbonyl (C=O) groups excluding carboxylic acids is 1. The number of pyridine rings is 1. The van der Waals surface area contributed by atoms with Gasteiger partial charge >= 0.3 is 0 Å². The summed E-state index contributed by atoms with van der Waals surface area (Å²) in [4.78, 5) is 17.5. The Hall–Kier alpha value is -3.86.